The van der Waals surface area contributed by atoms with E-state index in [4.69, 9.17) is 9.47 Å². The Morgan fingerprint density at radius 3 is 2.83 bits per heavy atom. The van der Waals surface area contributed by atoms with Crippen LogP contribution in [0.2, 0.25) is 0 Å². The monoisotopic (exact) mass is 321 g/mol. The molecule has 0 aliphatic carbocycles. The van der Waals surface area contributed by atoms with E-state index < -0.39 is 0 Å². The molecule has 0 saturated heterocycles. The average molecular weight is 321 g/mol. The van der Waals surface area contributed by atoms with Crippen LogP contribution in [0.15, 0.2) is 42.2 Å². The number of ketones is 1. The van der Waals surface area contributed by atoms with Crippen molar-refractivity contribution in [3.8, 4) is 17.2 Å². The van der Waals surface area contributed by atoms with Crippen molar-refractivity contribution in [2.45, 2.75) is 6.92 Å². The van der Waals surface area contributed by atoms with Gasteiger partial charge in [0.25, 0.3) is 0 Å². The fourth-order valence-corrected chi connectivity index (χ4v) is 2.97. The molecule has 0 bridgehead atoms. The highest BCUT2D eigenvalue weighted by Gasteiger charge is 2.30. The first-order valence-electron chi connectivity index (χ1n) is 7.51. The summed E-state index contributed by atoms with van der Waals surface area (Å²) in [4.78, 5) is 15.8. The number of carbonyl (C=O) groups is 1. The zero-order chi connectivity index (χ0) is 16.8. The van der Waals surface area contributed by atoms with E-state index in [1.54, 1.807) is 25.3 Å². The van der Waals surface area contributed by atoms with Crippen LogP contribution in [0.3, 0.4) is 0 Å². The number of aryl methyl sites for hydroxylation is 1. The molecule has 5 heteroatoms. The van der Waals surface area contributed by atoms with Gasteiger partial charge in [-0.3, -0.25) is 4.79 Å². The van der Waals surface area contributed by atoms with Crippen molar-refractivity contribution >= 4 is 22.8 Å². The van der Waals surface area contributed by atoms with E-state index in [9.17, 15) is 9.90 Å². The minimum atomic E-state index is -0.238. The van der Waals surface area contributed by atoms with E-state index in [1.807, 2.05) is 25.1 Å². The van der Waals surface area contributed by atoms with Crippen LogP contribution in [0.4, 0.5) is 0 Å². The second kappa shape index (κ2) is 5.16. The van der Waals surface area contributed by atoms with E-state index in [1.165, 1.54) is 6.07 Å². The summed E-state index contributed by atoms with van der Waals surface area (Å²) in [5.41, 5.74) is 3.10. The molecule has 2 heterocycles. The van der Waals surface area contributed by atoms with Crippen molar-refractivity contribution in [1.29, 1.82) is 0 Å². The summed E-state index contributed by atoms with van der Waals surface area (Å²) in [5, 5.41) is 10.8. The quantitative estimate of drug-likeness (QED) is 0.704. The summed E-state index contributed by atoms with van der Waals surface area (Å²) >= 11 is 0. The van der Waals surface area contributed by atoms with E-state index in [2.05, 4.69) is 4.98 Å². The number of carbonyl (C=O) groups excluding carboxylic acids is 1. The fraction of sp³-hybridized carbons (Fsp3) is 0.105. The zero-order valence-electron chi connectivity index (χ0n) is 13.2. The second-order valence-corrected chi connectivity index (χ2v) is 5.67. The van der Waals surface area contributed by atoms with Gasteiger partial charge in [-0.15, -0.1) is 0 Å². The Morgan fingerprint density at radius 2 is 2.08 bits per heavy atom. The van der Waals surface area contributed by atoms with Crippen LogP contribution in [0.5, 0.6) is 17.2 Å². The summed E-state index contributed by atoms with van der Waals surface area (Å²) < 4.78 is 10.9. The SMILES string of the molecule is COc1ccc2[nH]c(C)c(C=C3Oc4c(O)cccc4C3=O)c2c1. The standard InChI is InChI=1S/C19H15NO4/c1-10-13(14-8-11(23-2)6-7-15(14)20-10)9-17-18(22)12-4-3-5-16(21)19(12)24-17/h3-9,20-21H,1-2H3. The van der Waals surface area contributed by atoms with Crippen molar-refractivity contribution in [3.63, 3.8) is 0 Å². The molecule has 1 aliphatic rings. The molecule has 2 aromatic carbocycles. The van der Waals surface area contributed by atoms with Gasteiger partial charge in [-0.05, 0) is 43.3 Å². The Morgan fingerprint density at radius 1 is 1.25 bits per heavy atom. The molecule has 120 valence electrons. The largest absolute Gasteiger partial charge is 0.504 e. The number of aromatic amines is 1. The smallest absolute Gasteiger partial charge is 0.232 e. The number of Topliss-reactive ketones (excluding diaryl/α,β-unsaturated/α-hetero) is 1. The van der Waals surface area contributed by atoms with Gasteiger partial charge in [0, 0.05) is 22.2 Å². The molecule has 1 aromatic heterocycles. The highest BCUT2D eigenvalue weighted by molar-refractivity contribution is 6.15. The second-order valence-electron chi connectivity index (χ2n) is 5.67. The summed E-state index contributed by atoms with van der Waals surface area (Å²) in [6.07, 6.45) is 1.70. The molecule has 24 heavy (non-hydrogen) atoms. The number of ether oxygens (including phenoxy) is 2. The third-order valence-corrected chi connectivity index (χ3v) is 4.19. The third-order valence-electron chi connectivity index (χ3n) is 4.19. The first-order chi connectivity index (χ1) is 11.6. The van der Waals surface area contributed by atoms with Gasteiger partial charge in [0.05, 0.1) is 12.7 Å². The third kappa shape index (κ3) is 2.06. The lowest BCUT2D eigenvalue weighted by Crippen LogP contribution is -1.98. The number of benzene rings is 2. The molecule has 0 spiro atoms. The van der Waals surface area contributed by atoms with Gasteiger partial charge < -0.3 is 19.6 Å². The molecule has 1 aliphatic heterocycles. The number of phenolic OH excluding ortho intramolecular Hbond substituents is 1. The van der Waals surface area contributed by atoms with Crippen LogP contribution in [0.1, 0.15) is 21.6 Å². The number of nitrogens with one attached hydrogen (secondary N) is 1. The molecule has 0 unspecified atom stereocenters. The predicted octanol–water partition coefficient (Wildman–Crippen LogP) is 3.81. The molecule has 0 saturated carbocycles. The molecule has 0 radical (unpaired) electrons. The number of hydrogen-bond acceptors (Lipinski definition) is 4. The number of hydrogen-bond donors (Lipinski definition) is 2. The first-order valence-corrected chi connectivity index (χ1v) is 7.51. The Kier molecular flexibility index (Phi) is 3.09. The van der Waals surface area contributed by atoms with Crippen LogP contribution in [-0.4, -0.2) is 23.0 Å². The first kappa shape index (κ1) is 14.4. The zero-order valence-corrected chi connectivity index (χ0v) is 13.2. The number of rotatable bonds is 2. The number of para-hydroxylation sites is 1. The number of fused-ring (bicyclic) bond motifs is 2. The maximum absolute atomic E-state index is 12.5. The van der Waals surface area contributed by atoms with Crippen LogP contribution in [0.25, 0.3) is 17.0 Å². The Labute approximate surface area is 138 Å². The molecule has 5 nitrogen and oxygen atoms in total. The van der Waals surface area contributed by atoms with E-state index in [-0.39, 0.29) is 23.0 Å². The topological polar surface area (TPSA) is 71.6 Å². The Balaban J connectivity index is 1.85. The minimum absolute atomic E-state index is 0.0402. The number of methoxy groups -OCH3 is 1. The molecule has 0 amide bonds. The fourth-order valence-electron chi connectivity index (χ4n) is 2.97. The highest BCUT2D eigenvalue weighted by atomic mass is 16.5. The summed E-state index contributed by atoms with van der Waals surface area (Å²) in [7, 11) is 1.61. The number of allylic oxidation sites excluding steroid dienone is 1. The minimum Gasteiger partial charge on any atom is -0.504 e. The van der Waals surface area contributed by atoms with Crippen LogP contribution in [0, 0.1) is 6.92 Å². The molecular weight excluding hydrogens is 306 g/mol. The van der Waals surface area contributed by atoms with Crippen molar-refractivity contribution in [3.05, 3.63) is 59.0 Å². The van der Waals surface area contributed by atoms with Gasteiger partial charge >= 0.3 is 0 Å². The Bertz CT molecular complexity index is 1010. The van der Waals surface area contributed by atoms with Crippen LogP contribution < -0.4 is 9.47 Å². The normalized spacial score (nSPS) is 14.9. The van der Waals surface area contributed by atoms with Gasteiger partial charge in [-0.1, -0.05) is 6.07 Å². The van der Waals surface area contributed by atoms with Gasteiger partial charge in [0.1, 0.15) is 5.75 Å². The lowest BCUT2D eigenvalue weighted by Gasteiger charge is -2.02. The van der Waals surface area contributed by atoms with Crippen LogP contribution >= 0.6 is 0 Å². The number of H-pyrrole nitrogens is 1. The Hall–Kier alpha value is -3.21. The average Bonchev–Trinajstić information content (AvgIpc) is 3.07. The summed E-state index contributed by atoms with van der Waals surface area (Å²) in [5.74, 6) is 0.863. The highest BCUT2D eigenvalue weighted by Crippen LogP contribution is 2.39. The number of aromatic nitrogens is 1. The van der Waals surface area contributed by atoms with E-state index >= 15 is 0 Å². The lowest BCUT2D eigenvalue weighted by atomic mass is 10.1. The van der Waals surface area contributed by atoms with Gasteiger partial charge in [0.2, 0.25) is 5.78 Å². The summed E-state index contributed by atoms with van der Waals surface area (Å²) in [6, 6.07) is 10.5. The van der Waals surface area contributed by atoms with Gasteiger partial charge in [-0.25, -0.2) is 0 Å². The van der Waals surface area contributed by atoms with Gasteiger partial charge in [-0.2, -0.15) is 0 Å². The van der Waals surface area contributed by atoms with Crippen molar-refractivity contribution in [2.75, 3.05) is 7.11 Å². The van der Waals surface area contributed by atoms with E-state index in [0.29, 0.717) is 5.56 Å². The maximum atomic E-state index is 12.5. The molecule has 3 aromatic rings. The molecular formula is C19H15NO4. The number of phenols is 1. The van der Waals surface area contributed by atoms with Crippen molar-refractivity contribution < 1.29 is 19.4 Å². The molecule has 0 fully saturated rings. The van der Waals surface area contributed by atoms with Gasteiger partial charge in [0.15, 0.2) is 17.3 Å². The van der Waals surface area contributed by atoms with Crippen molar-refractivity contribution in [2.24, 2.45) is 0 Å². The predicted molar refractivity (Wildman–Crippen MR) is 90.6 cm³/mol. The van der Waals surface area contributed by atoms with E-state index in [0.717, 1.165) is 27.9 Å². The maximum Gasteiger partial charge on any atom is 0.232 e. The molecule has 0 atom stereocenters. The molecule has 2 N–H and O–H groups in total. The lowest BCUT2D eigenvalue weighted by molar-refractivity contribution is 0.101. The summed E-state index contributed by atoms with van der Waals surface area (Å²) in [6.45, 7) is 1.93. The van der Waals surface area contributed by atoms with Crippen LogP contribution in [-0.2, 0) is 0 Å². The number of aromatic hydroxyl groups is 1. The van der Waals surface area contributed by atoms with Crippen molar-refractivity contribution in [1.82, 2.24) is 4.98 Å². The molecule has 4 rings (SSSR count).